The molecule has 0 fully saturated rings. The van der Waals surface area contributed by atoms with Gasteiger partial charge in [0.05, 0.1) is 10.6 Å². The third-order valence-electron chi connectivity index (χ3n) is 3.82. The Bertz CT molecular complexity index is 800. The summed E-state index contributed by atoms with van der Waals surface area (Å²) in [5.41, 5.74) is 3.27. The first-order chi connectivity index (χ1) is 9.95. The van der Waals surface area contributed by atoms with Crippen LogP contribution in [0.1, 0.15) is 23.1 Å². The molecule has 1 aliphatic rings. The van der Waals surface area contributed by atoms with E-state index in [1.807, 2.05) is 6.07 Å². The molecule has 0 bridgehead atoms. The molecular formula is C16H16FNO2S. The van der Waals surface area contributed by atoms with E-state index in [1.165, 1.54) is 17.7 Å². The third-order valence-corrected chi connectivity index (χ3v) is 5.19. The van der Waals surface area contributed by atoms with Crippen molar-refractivity contribution in [3.8, 4) is 0 Å². The lowest BCUT2D eigenvalue weighted by Crippen LogP contribution is -2.14. The Hall–Kier alpha value is -1.88. The molecule has 1 N–H and O–H groups in total. The van der Waals surface area contributed by atoms with Crippen LogP contribution in [-0.4, -0.2) is 8.42 Å². The van der Waals surface area contributed by atoms with Gasteiger partial charge in [-0.25, -0.2) is 12.8 Å². The number of hydrogen-bond acceptors (Lipinski definition) is 2. The summed E-state index contributed by atoms with van der Waals surface area (Å²) in [6.07, 6.45) is 2.99. The number of halogens is 1. The molecule has 0 atom stereocenters. The number of hydrogen-bond donors (Lipinski definition) is 1. The normalized spacial score (nSPS) is 14.0. The van der Waals surface area contributed by atoms with Crippen LogP contribution in [-0.2, 0) is 22.9 Å². The van der Waals surface area contributed by atoms with Crippen molar-refractivity contribution < 1.29 is 12.8 Å². The summed E-state index contributed by atoms with van der Waals surface area (Å²) in [5, 5.41) is 0. The minimum Gasteiger partial charge on any atom is -0.279 e. The van der Waals surface area contributed by atoms with E-state index in [2.05, 4.69) is 4.72 Å². The second-order valence-corrected chi connectivity index (χ2v) is 7.03. The topological polar surface area (TPSA) is 46.2 Å². The molecule has 110 valence electrons. The van der Waals surface area contributed by atoms with Gasteiger partial charge in [0.1, 0.15) is 5.82 Å². The molecule has 0 aromatic heterocycles. The Morgan fingerprint density at radius 3 is 2.62 bits per heavy atom. The van der Waals surface area contributed by atoms with E-state index < -0.39 is 15.8 Å². The molecule has 0 amide bonds. The molecular weight excluding hydrogens is 289 g/mol. The van der Waals surface area contributed by atoms with E-state index >= 15 is 0 Å². The summed E-state index contributed by atoms with van der Waals surface area (Å²) in [5.74, 6) is -0.466. The van der Waals surface area contributed by atoms with E-state index in [0.29, 0.717) is 5.56 Å². The number of benzene rings is 2. The molecule has 21 heavy (non-hydrogen) atoms. The van der Waals surface area contributed by atoms with E-state index in [-0.39, 0.29) is 10.6 Å². The van der Waals surface area contributed by atoms with Crippen LogP contribution in [0.5, 0.6) is 0 Å². The lowest BCUT2D eigenvalue weighted by molar-refractivity contribution is 0.601. The lowest BCUT2D eigenvalue weighted by Gasteiger charge is -2.11. The maximum Gasteiger partial charge on any atom is 0.261 e. The van der Waals surface area contributed by atoms with Crippen LogP contribution in [0, 0.1) is 12.7 Å². The molecule has 0 aliphatic heterocycles. The van der Waals surface area contributed by atoms with Gasteiger partial charge in [0.2, 0.25) is 0 Å². The smallest absolute Gasteiger partial charge is 0.261 e. The Kier molecular flexibility index (Phi) is 3.45. The first-order valence-electron chi connectivity index (χ1n) is 6.86. The van der Waals surface area contributed by atoms with Crippen molar-refractivity contribution in [2.75, 3.05) is 4.72 Å². The van der Waals surface area contributed by atoms with Gasteiger partial charge in [-0.3, -0.25) is 4.72 Å². The van der Waals surface area contributed by atoms with Gasteiger partial charge in [0.15, 0.2) is 0 Å². The van der Waals surface area contributed by atoms with E-state index in [4.69, 9.17) is 0 Å². The van der Waals surface area contributed by atoms with Gasteiger partial charge in [-0.1, -0.05) is 12.1 Å². The Morgan fingerprint density at radius 1 is 1.05 bits per heavy atom. The number of nitrogens with one attached hydrogen (secondary N) is 1. The SMILES string of the molecule is Cc1ccc(F)cc1NS(=O)(=O)c1ccc2c(c1)CCC2. The maximum atomic E-state index is 13.3. The van der Waals surface area contributed by atoms with Crippen LogP contribution in [0.4, 0.5) is 10.1 Å². The van der Waals surface area contributed by atoms with Crippen molar-refractivity contribution >= 4 is 15.7 Å². The highest BCUT2D eigenvalue weighted by Crippen LogP contribution is 2.26. The fraction of sp³-hybridized carbons (Fsp3) is 0.250. The molecule has 0 saturated carbocycles. The molecule has 0 saturated heterocycles. The number of anilines is 1. The average molecular weight is 305 g/mol. The van der Waals surface area contributed by atoms with E-state index in [1.54, 1.807) is 25.1 Å². The number of rotatable bonds is 3. The summed E-state index contributed by atoms with van der Waals surface area (Å²) >= 11 is 0. The first-order valence-corrected chi connectivity index (χ1v) is 8.35. The Labute approximate surface area is 123 Å². The Balaban J connectivity index is 1.95. The van der Waals surface area contributed by atoms with Gasteiger partial charge in [0, 0.05) is 0 Å². The zero-order chi connectivity index (χ0) is 15.0. The van der Waals surface area contributed by atoms with Crippen molar-refractivity contribution in [3.63, 3.8) is 0 Å². The van der Waals surface area contributed by atoms with Crippen LogP contribution < -0.4 is 4.72 Å². The van der Waals surface area contributed by atoms with Crippen molar-refractivity contribution in [2.45, 2.75) is 31.1 Å². The van der Waals surface area contributed by atoms with Crippen molar-refractivity contribution in [1.82, 2.24) is 0 Å². The second kappa shape index (κ2) is 5.15. The molecule has 5 heteroatoms. The van der Waals surface area contributed by atoms with Crippen LogP contribution in [0.2, 0.25) is 0 Å². The van der Waals surface area contributed by atoms with Gasteiger partial charge in [-0.2, -0.15) is 0 Å². The fourth-order valence-electron chi connectivity index (χ4n) is 2.62. The fourth-order valence-corrected chi connectivity index (χ4v) is 3.80. The third kappa shape index (κ3) is 2.78. The molecule has 0 unspecified atom stereocenters. The molecule has 0 heterocycles. The highest BCUT2D eigenvalue weighted by molar-refractivity contribution is 7.92. The van der Waals surface area contributed by atoms with Crippen molar-refractivity contribution in [3.05, 3.63) is 58.9 Å². The second-order valence-electron chi connectivity index (χ2n) is 5.35. The summed E-state index contributed by atoms with van der Waals surface area (Å²) < 4.78 is 40.6. The molecule has 0 radical (unpaired) electrons. The van der Waals surface area contributed by atoms with Gasteiger partial charge < -0.3 is 0 Å². The Morgan fingerprint density at radius 2 is 1.81 bits per heavy atom. The zero-order valence-corrected chi connectivity index (χ0v) is 12.5. The highest BCUT2D eigenvalue weighted by Gasteiger charge is 2.19. The molecule has 2 aromatic rings. The van der Waals surface area contributed by atoms with Gasteiger partial charge in [0.25, 0.3) is 10.0 Å². The molecule has 3 rings (SSSR count). The average Bonchev–Trinajstić information content (AvgIpc) is 2.90. The quantitative estimate of drug-likeness (QED) is 0.944. The van der Waals surface area contributed by atoms with Gasteiger partial charge in [-0.15, -0.1) is 0 Å². The predicted molar refractivity (Wildman–Crippen MR) is 80.4 cm³/mol. The largest absolute Gasteiger partial charge is 0.279 e. The van der Waals surface area contributed by atoms with Crippen molar-refractivity contribution in [1.29, 1.82) is 0 Å². The van der Waals surface area contributed by atoms with E-state index in [9.17, 15) is 12.8 Å². The maximum absolute atomic E-state index is 13.3. The molecule has 1 aliphatic carbocycles. The lowest BCUT2D eigenvalue weighted by atomic mass is 10.1. The molecule has 2 aromatic carbocycles. The van der Waals surface area contributed by atoms with Gasteiger partial charge >= 0.3 is 0 Å². The summed E-state index contributed by atoms with van der Waals surface area (Å²) in [6.45, 7) is 1.74. The van der Waals surface area contributed by atoms with Crippen LogP contribution in [0.3, 0.4) is 0 Å². The predicted octanol–water partition coefficient (Wildman–Crippen LogP) is 3.42. The monoisotopic (exact) mass is 305 g/mol. The van der Waals surface area contributed by atoms with Crippen molar-refractivity contribution in [2.24, 2.45) is 0 Å². The first kappa shape index (κ1) is 14.1. The minimum absolute atomic E-state index is 0.229. The zero-order valence-electron chi connectivity index (χ0n) is 11.7. The van der Waals surface area contributed by atoms with Gasteiger partial charge in [-0.05, 0) is 67.1 Å². The van der Waals surface area contributed by atoms with E-state index in [0.717, 1.165) is 24.8 Å². The highest BCUT2D eigenvalue weighted by atomic mass is 32.2. The number of aryl methyl sites for hydroxylation is 3. The summed E-state index contributed by atoms with van der Waals surface area (Å²) in [7, 11) is -3.69. The van der Waals surface area contributed by atoms with Crippen LogP contribution in [0.25, 0.3) is 0 Å². The summed E-state index contributed by atoms with van der Waals surface area (Å²) in [4.78, 5) is 0.229. The summed E-state index contributed by atoms with van der Waals surface area (Å²) in [6, 6.07) is 9.26. The minimum atomic E-state index is -3.69. The molecule has 3 nitrogen and oxygen atoms in total. The number of sulfonamides is 1. The van der Waals surface area contributed by atoms with Crippen LogP contribution in [0.15, 0.2) is 41.3 Å². The molecule has 0 spiro atoms. The standard InChI is InChI=1S/C16H16FNO2S/c1-11-5-7-14(17)10-16(11)18-21(19,20)15-8-6-12-3-2-4-13(12)9-15/h5-10,18H,2-4H2,1H3. The van der Waals surface area contributed by atoms with Crippen LogP contribution >= 0.6 is 0 Å². The number of fused-ring (bicyclic) bond motifs is 1.